The number of ether oxygens (including phenoxy) is 1. The summed E-state index contributed by atoms with van der Waals surface area (Å²) in [4.78, 5) is 16.2. The number of halogens is 2. The Labute approximate surface area is 224 Å². The van der Waals surface area contributed by atoms with Gasteiger partial charge in [-0.1, -0.05) is 74.3 Å². The smallest absolute Gasteiger partial charge is 0.252 e. The number of thioether (sulfide) groups is 1. The van der Waals surface area contributed by atoms with Crippen molar-refractivity contribution in [2.24, 2.45) is 5.92 Å². The Morgan fingerprint density at radius 3 is 2.37 bits per heavy atom. The van der Waals surface area contributed by atoms with E-state index in [1.165, 1.54) is 0 Å². The van der Waals surface area contributed by atoms with E-state index in [2.05, 4.69) is 38.3 Å². The number of nitrogens with zero attached hydrogens (tertiary/aromatic N) is 1. The second-order valence-electron chi connectivity index (χ2n) is 10.6. The molecule has 1 aliphatic carbocycles. The van der Waals surface area contributed by atoms with Crippen molar-refractivity contribution in [1.82, 2.24) is 4.90 Å². The molecule has 0 N–H and O–H groups in total. The normalized spacial score (nSPS) is 23.9. The highest BCUT2D eigenvalue weighted by Gasteiger charge is 2.49. The van der Waals surface area contributed by atoms with Crippen LogP contribution in [0.2, 0.25) is 10.0 Å². The summed E-state index contributed by atoms with van der Waals surface area (Å²) in [6.45, 7) is 12.6. The van der Waals surface area contributed by atoms with Crippen molar-refractivity contribution in [2.75, 3.05) is 5.75 Å². The lowest BCUT2D eigenvalue weighted by Crippen LogP contribution is -2.56. The molecule has 4 rings (SSSR count). The predicted molar refractivity (Wildman–Crippen MR) is 148 cm³/mol. The molecule has 3 nitrogen and oxygen atoms in total. The zero-order valence-electron chi connectivity index (χ0n) is 21.0. The van der Waals surface area contributed by atoms with Gasteiger partial charge in [-0.3, -0.25) is 4.79 Å². The monoisotopic (exact) mass is 531 g/mol. The second kappa shape index (κ2) is 10.9. The lowest BCUT2D eigenvalue weighted by atomic mass is 9.89. The van der Waals surface area contributed by atoms with Crippen LogP contribution in [0.1, 0.15) is 68.9 Å². The van der Waals surface area contributed by atoms with Gasteiger partial charge in [-0.05, 0) is 60.6 Å². The molecule has 1 aliphatic heterocycles. The van der Waals surface area contributed by atoms with Crippen molar-refractivity contribution in [3.8, 4) is 0 Å². The SMILES string of the molecule is C=CCC1OC(c2ccc(C)c(Cl)c2)C(c2ccc(Cl)cc2)N(C(CSC(C)(C)C)C2CC2)C1=O. The fourth-order valence-electron chi connectivity index (χ4n) is 4.74. The standard InChI is InChI=1S/C29H35Cl2NO2S/c1-6-7-25-28(33)32(24(19-10-11-19)17-35-29(3,4)5)26(20-12-14-22(30)15-13-20)27(34-25)21-9-8-18(2)23(31)16-21/h6,8-9,12-16,19,24-27H,1,7,10-11,17H2,2-5H3. The Balaban J connectivity index is 1.84. The van der Waals surface area contributed by atoms with Crippen LogP contribution in [0, 0.1) is 12.8 Å². The van der Waals surface area contributed by atoms with Gasteiger partial charge in [0.1, 0.15) is 12.2 Å². The first-order chi connectivity index (χ1) is 16.6. The molecule has 1 amide bonds. The maximum absolute atomic E-state index is 14.1. The van der Waals surface area contributed by atoms with Gasteiger partial charge in [-0.15, -0.1) is 6.58 Å². The third-order valence-electron chi connectivity index (χ3n) is 6.75. The number of hydrogen-bond acceptors (Lipinski definition) is 3. The summed E-state index contributed by atoms with van der Waals surface area (Å²) in [5.74, 6) is 1.45. The summed E-state index contributed by atoms with van der Waals surface area (Å²) in [7, 11) is 0. The molecular weight excluding hydrogens is 497 g/mol. The largest absolute Gasteiger partial charge is 0.358 e. The number of benzene rings is 2. The highest BCUT2D eigenvalue weighted by molar-refractivity contribution is 8.00. The van der Waals surface area contributed by atoms with E-state index in [0.717, 1.165) is 35.3 Å². The Hall–Kier alpha value is -1.46. The first-order valence-electron chi connectivity index (χ1n) is 12.3. The van der Waals surface area contributed by atoms with Crippen molar-refractivity contribution >= 4 is 40.9 Å². The Kier molecular flexibility index (Phi) is 8.27. The molecule has 188 valence electrons. The van der Waals surface area contributed by atoms with Gasteiger partial charge in [-0.2, -0.15) is 11.8 Å². The van der Waals surface area contributed by atoms with Gasteiger partial charge in [0, 0.05) is 33.0 Å². The van der Waals surface area contributed by atoms with Gasteiger partial charge in [0.25, 0.3) is 5.91 Å². The Morgan fingerprint density at radius 1 is 1.14 bits per heavy atom. The predicted octanol–water partition coefficient (Wildman–Crippen LogP) is 8.20. The van der Waals surface area contributed by atoms with Crippen molar-refractivity contribution < 1.29 is 9.53 Å². The van der Waals surface area contributed by atoms with Crippen LogP contribution in [0.15, 0.2) is 55.1 Å². The highest BCUT2D eigenvalue weighted by atomic mass is 35.5. The molecule has 6 heteroatoms. The van der Waals surface area contributed by atoms with Crippen molar-refractivity contribution in [1.29, 1.82) is 0 Å². The van der Waals surface area contributed by atoms with Gasteiger partial charge in [0.15, 0.2) is 0 Å². The lowest BCUT2D eigenvalue weighted by Gasteiger charge is -2.48. The van der Waals surface area contributed by atoms with Crippen LogP contribution in [-0.2, 0) is 9.53 Å². The summed E-state index contributed by atoms with van der Waals surface area (Å²) in [5.41, 5.74) is 3.01. The third kappa shape index (κ3) is 6.28. The topological polar surface area (TPSA) is 29.5 Å². The summed E-state index contributed by atoms with van der Waals surface area (Å²) in [6, 6.07) is 13.8. The van der Waals surface area contributed by atoms with Crippen LogP contribution < -0.4 is 0 Å². The number of aryl methyl sites for hydroxylation is 1. The molecule has 2 aromatic rings. The summed E-state index contributed by atoms with van der Waals surface area (Å²) < 4.78 is 6.70. The molecule has 1 heterocycles. The molecule has 0 bridgehead atoms. The molecule has 0 aromatic heterocycles. The average molecular weight is 533 g/mol. The minimum atomic E-state index is -0.568. The van der Waals surface area contributed by atoms with Gasteiger partial charge >= 0.3 is 0 Å². The van der Waals surface area contributed by atoms with E-state index in [1.807, 2.05) is 55.1 Å². The molecule has 4 unspecified atom stereocenters. The molecule has 0 radical (unpaired) electrons. The molecule has 4 atom stereocenters. The van der Waals surface area contributed by atoms with Gasteiger partial charge in [-0.25, -0.2) is 0 Å². The molecule has 35 heavy (non-hydrogen) atoms. The lowest BCUT2D eigenvalue weighted by molar-refractivity contribution is -0.178. The average Bonchev–Trinajstić information content (AvgIpc) is 3.63. The number of amides is 1. The summed E-state index contributed by atoms with van der Waals surface area (Å²) in [6.07, 6.45) is 3.64. The molecule has 1 saturated heterocycles. The number of carbonyl (C=O) groups is 1. The zero-order valence-corrected chi connectivity index (χ0v) is 23.3. The maximum atomic E-state index is 14.1. The van der Waals surface area contributed by atoms with E-state index in [-0.39, 0.29) is 28.8 Å². The fraction of sp³-hybridized carbons (Fsp3) is 0.483. The van der Waals surface area contributed by atoms with Crippen LogP contribution in [0.3, 0.4) is 0 Å². The third-order valence-corrected chi connectivity index (χ3v) is 8.79. The Morgan fingerprint density at radius 2 is 1.80 bits per heavy atom. The fourth-order valence-corrected chi connectivity index (χ4v) is 6.16. The van der Waals surface area contributed by atoms with Crippen LogP contribution in [-0.4, -0.2) is 33.5 Å². The number of morpholine rings is 1. The minimum absolute atomic E-state index is 0.0470. The van der Waals surface area contributed by atoms with E-state index in [4.69, 9.17) is 27.9 Å². The summed E-state index contributed by atoms with van der Waals surface area (Å²) in [5, 5.41) is 1.37. The van der Waals surface area contributed by atoms with Gasteiger partial charge < -0.3 is 9.64 Å². The van der Waals surface area contributed by atoms with E-state index >= 15 is 0 Å². The highest BCUT2D eigenvalue weighted by Crippen LogP contribution is 2.49. The van der Waals surface area contributed by atoms with Crippen LogP contribution in [0.5, 0.6) is 0 Å². The quantitative estimate of drug-likeness (QED) is 0.321. The zero-order chi connectivity index (χ0) is 25.3. The van der Waals surface area contributed by atoms with E-state index in [9.17, 15) is 4.79 Å². The van der Waals surface area contributed by atoms with E-state index in [0.29, 0.717) is 22.4 Å². The maximum Gasteiger partial charge on any atom is 0.252 e. The van der Waals surface area contributed by atoms with E-state index < -0.39 is 6.10 Å². The van der Waals surface area contributed by atoms with Crippen molar-refractivity contribution in [3.63, 3.8) is 0 Å². The van der Waals surface area contributed by atoms with Crippen LogP contribution in [0.4, 0.5) is 0 Å². The first-order valence-corrected chi connectivity index (χ1v) is 14.1. The van der Waals surface area contributed by atoms with Crippen LogP contribution >= 0.6 is 35.0 Å². The van der Waals surface area contributed by atoms with E-state index in [1.54, 1.807) is 6.08 Å². The Bertz CT molecular complexity index is 1060. The number of rotatable bonds is 8. The second-order valence-corrected chi connectivity index (χ2v) is 13.3. The minimum Gasteiger partial charge on any atom is -0.358 e. The van der Waals surface area contributed by atoms with Crippen molar-refractivity contribution in [3.05, 3.63) is 81.9 Å². The molecule has 1 saturated carbocycles. The van der Waals surface area contributed by atoms with Crippen LogP contribution in [0.25, 0.3) is 0 Å². The first kappa shape index (κ1) is 26.6. The molecular formula is C29H35Cl2NO2S. The molecule has 2 aromatic carbocycles. The van der Waals surface area contributed by atoms with Gasteiger partial charge in [0.05, 0.1) is 6.04 Å². The molecule has 2 aliphatic rings. The van der Waals surface area contributed by atoms with Crippen molar-refractivity contribution in [2.45, 2.75) is 76.0 Å². The number of carbonyl (C=O) groups excluding carboxylic acids is 1. The number of hydrogen-bond donors (Lipinski definition) is 0. The van der Waals surface area contributed by atoms with Gasteiger partial charge in [0.2, 0.25) is 0 Å². The molecule has 2 fully saturated rings. The summed E-state index contributed by atoms with van der Waals surface area (Å²) >= 11 is 14.7. The molecule has 0 spiro atoms.